The molecule has 0 atom stereocenters. The molecular formula is C11H15N3O. The standard InChI is InChI=1S/C11H15N3O/c1-12-10-7-3-6-9(14-10)11(15)13-8-4-2-5-8/h3,6-8H,2,4-5H2,1H3,(H,12,14)(H,13,15). The van der Waals surface area contributed by atoms with Crippen molar-refractivity contribution in [2.24, 2.45) is 0 Å². The summed E-state index contributed by atoms with van der Waals surface area (Å²) in [4.78, 5) is 15.9. The first-order valence-corrected chi connectivity index (χ1v) is 5.25. The summed E-state index contributed by atoms with van der Waals surface area (Å²) in [6.07, 6.45) is 3.41. The summed E-state index contributed by atoms with van der Waals surface area (Å²) in [5.41, 5.74) is 0.480. The van der Waals surface area contributed by atoms with Crippen LogP contribution < -0.4 is 10.6 Å². The van der Waals surface area contributed by atoms with Gasteiger partial charge in [0.25, 0.3) is 5.91 Å². The van der Waals surface area contributed by atoms with Crippen LogP contribution in [0.15, 0.2) is 18.2 Å². The molecule has 15 heavy (non-hydrogen) atoms. The van der Waals surface area contributed by atoms with Gasteiger partial charge in [0.05, 0.1) is 0 Å². The number of nitrogens with one attached hydrogen (secondary N) is 2. The first kappa shape index (κ1) is 9.96. The molecule has 0 spiro atoms. The molecule has 2 N–H and O–H groups in total. The lowest BCUT2D eigenvalue weighted by Crippen LogP contribution is -2.39. The van der Waals surface area contributed by atoms with Crippen LogP contribution in [-0.2, 0) is 0 Å². The Morgan fingerprint density at radius 2 is 2.27 bits per heavy atom. The van der Waals surface area contributed by atoms with Gasteiger partial charge < -0.3 is 10.6 Å². The quantitative estimate of drug-likeness (QED) is 0.784. The Morgan fingerprint density at radius 3 is 2.87 bits per heavy atom. The van der Waals surface area contributed by atoms with Crippen molar-refractivity contribution in [1.29, 1.82) is 0 Å². The molecule has 1 aromatic rings. The molecule has 1 saturated carbocycles. The molecule has 1 aliphatic rings. The van der Waals surface area contributed by atoms with E-state index in [4.69, 9.17) is 0 Å². The van der Waals surface area contributed by atoms with E-state index >= 15 is 0 Å². The fraction of sp³-hybridized carbons (Fsp3) is 0.455. The minimum Gasteiger partial charge on any atom is -0.373 e. The summed E-state index contributed by atoms with van der Waals surface area (Å²) >= 11 is 0. The number of hydrogen-bond donors (Lipinski definition) is 2. The van der Waals surface area contributed by atoms with E-state index in [-0.39, 0.29) is 5.91 Å². The lowest BCUT2D eigenvalue weighted by Gasteiger charge is -2.26. The Kier molecular flexibility index (Phi) is 2.85. The van der Waals surface area contributed by atoms with Crippen LogP contribution in [0.4, 0.5) is 5.82 Å². The average Bonchev–Trinajstić information content (AvgIpc) is 2.23. The number of hydrogen-bond acceptors (Lipinski definition) is 3. The topological polar surface area (TPSA) is 54.0 Å². The van der Waals surface area contributed by atoms with Crippen molar-refractivity contribution in [2.75, 3.05) is 12.4 Å². The van der Waals surface area contributed by atoms with Crippen LogP contribution in [0.1, 0.15) is 29.8 Å². The Balaban J connectivity index is 2.03. The minimum absolute atomic E-state index is 0.0724. The van der Waals surface area contributed by atoms with Gasteiger partial charge in [-0.1, -0.05) is 6.07 Å². The lowest BCUT2D eigenvalue weighted by atomic mass is 9.93. The second-order valence-electron chi connectivity index (χ2n) is 3.76. The number of carbonyl (C=O) groups is 1. The highest BCUT2D eigenvalue weighted by Crippen LogP contribution is 2.18. The SMILES string of the molecule is CNc1cccc(C(=O)NC2CCC2)n1. The minimum atomic E-state index is -0.0724. The van der Waals surface area contributed by atoms with Crippen LogP contribution in [-0.4, -0.2) is 24.0 Å². The van der Waals surface area contributed by atoms with Crippen LogP contribution in [0.2, 0.25) is 0 Å². The number of nitrogens with zero attached hydrogens (tertiary/aromatic N) is 1. The van der Waals surface area contributed by atoms with Gasteiger partial charge in [-0.25, -0.2) is 4.98 Å². The summed E-state index contributed by atoms with van der Waals surface area (Å²) in [5, 5.41) is 5.87. The maximum Gasteiger partial charge on any atom is 0.270 e. The van der Waals surface area contributed by atoms with Crippen LogP contribution in [0, 0.1) is 0 Å². The molecular weight excluding hydrogens is 190 g/mol. The number of rotatable bonds is 3. The fourth-order valence-corrected chi connectivity index (χ4v) is 1.51. The summed E-state index contributed by atoms with van der Waals surface area (Å²) in [7, 11) is 1.79. The molecule has 1 amide bonds. The molecule has 1 aliphatic carbocycles. The predicted molar refractivity (Wildman–Crippen MR) is 58.9 cm³/mol. The van der Waals surface area contributed by atoms with Crippen molar-refractivity contribution in [3.8, 4) is 0 Å². The van der Waals surface area contributed by atoms with Gasteiger partial charge in [0.15, 0.2) is 0 Å². The molecule has 4 nitrogen and oxygen atoms in total. The van der Waals surface area contributed by atoms with Gasteiger partial charge >= 0.3 is 0 Å². The van der Waals surface area contributed by atoms with Crippen LogP contribution >= 0.6 is 0 Å². The molecule has 1 heterocycles. The van der Waals surface area contributed by atoms with E-state index < -0.39 is 0 Å². The first-order chi connectivity index (χ1) is 7.29. The smallest absolute Gasteiger partial charge is 0.270 e. The van der Waals surface area contributed by atoms with Gasteiger partial charge in [-0.15, -0.1) is 0 Å². The van der Waals surface area contributed by atoms with Crippen LogP contribution in [0.5, 0.6) is 0 Å². The molecule has 0 unspecified atom stereocenters. The summed E-state index contributed by atoms with van der Waals surface area (Å²) < 4.78 is 0. The van der Waals surface area contributed by atoms with Crippen molar-refractivity contribution in [3.05, 3.63) is 23.9 Å². The van der Waals surface area contributed by atoms with Gasteiger partial charge in [0, 0.05) is 13.1 Å². The maximum atomic E-state index is 11.7. The van der Waals surface area contributed by atoms with Crippen LogP contribution in [0.3, 0.4) is 0 Å². The number of amides is 1. The third-order valence-electron chi connectivity index (χ3n) is 2.68. The normalized spacial score (nSPS) is 15.5. The fourth-order valence-electron chi connectivity index (χ4n) is 1.51. The molecule has 1 fully saturated rings. The molecule has 0 aliphatic heterocycles. The van der Waals surface area contributed by atoms with Gasteiger partial charge in [-0.2, -0.15) is 0 Å². The van der Waals surface area contributed by atoms with E-state index in [2.05, 4.69) is 15.6 Å². The molecule has 1 aromatic heterocycles. The Labute approximate surface area is 89.1 Å². The molecule has 0 radical (unpaired) electrons. The molecule has 0 aromatic carbocycles. The third kappa shape index (κ3) is 2.26. The number of aromatic nitrogens is 1. The Bertz CT molecular complexity index is 361. The van der Waals surface area contributed by atoms with E-state index in [0.29, 0.717) is 11.7 Å². The zero-order valence-corrected chi connectivity index (χ0v) is 8.79. The second-order valence-corrected chi connectivity index (χ2v) is 3.76. The predicted octanol–water partition coefficient (Wildman–Crippen LogP) is 1.41. The molecule has 80 valence electrons. The third-order valence-corrected chi connectivity index (χ3v) is 2.68. The highest BCUT2D eigenvalue weighted by Gasteiger charge is 2.20. The number of anilines is 1. The summed E-state index contributed by atoms with van der Waals surface area (Å²) in [6, 6.07) is 5.75. The van der Waals surface area contributed by atoms with Gasteiger partial charge in [-0.3, -0.25) is 4.79 Å². The molecule has 0 saturated heterocycles. The van der Waals surface area contributed by atoms with Gasteiger partial charge in [0.1, 0.15) is 11.5 Å². The van der Waals surface area contributed by atoms with Crippen LogP contribution in [0.25, 0.3) is 0 Å². The molecule has 4 heteroatoms. The lowest BCUT2D eigenvalue weighted by molar-refractivity contribution is 0.0912. The number of carbonyl (C=O) groups excluding carboxylic acids is 1. The van der Waals surface area contributed by atoms with Gasteiger partial charge in [-0.05, 0) is 31.4 Å². The largest absolute Gasteiger partial charge is 0.373 e. The van der Waals surface area contributed by atoms with Crippen molar-refractivity contribution < 1.29 is 4.79 Å². The zero-order chi connectivity index (χ0) is 10.7. The number of pyridine rings is 1. The highest BCUT2D eigenvalue weighted by molar-refractivity contribution is 5.92. The van der Waals surface area contributed by atoms with Crippen molar-refractivity contribution in [2.45, 2.75) is 25.3 Å². The van der Waals surface area contributed by atoms with E-state index in [1.165, 1.54) is 6.42 Å². The van der Waals surface area contributed by atoms with E-state index in [1.807, 2.05) is 12.1 Å². The first-order valence-electron chi connectivity index (χ1n) is 5.25. The van der Waals surface area contributed by atoms with E-state index in [1.54, 1.807) is 13.1 Å². The van der Waals surface area contributed by atoms with Gasteiger partial charge in [0.2, 0.25) is 0 Å². The van der Waals surface area contributed by atoms with E-state index in [0.717, 1.165) is 18.7 Å². The molecule has 2 rings (SSSR count). The zero-order valence-electron chi connectivity index (χ0n) is 8.79. The maximum absolute atomic E-state index is 11.7. The highest BCUT2D eigenvalue weighted by atomic mass is 16.1. The average molecular weight is 205 g/mol. The van der Waals surface area contributed by atoms with Crippen molar-refractivity contribution in [3.63, 3.8) is 0 Å². The monoisotopic (exact) mass is 205 g/mol. The Morgan fingerprint density at radius 1 is 1.47 bits per heavy atom. The Hall–Kier alpha value is -1.58. The van der Waals surface area contributed by atoms with Crippen molar-refractivity contribution >= 4 is 11.7 Å². The second kappa shape index (κ2) is 4.29. The summed E-state index contributed by atoms with van der Waals surface area (Å²) in [6.45, 7) is 0. The summed E-state index contributed by atoms with van der Waals surface area (Å²) in [5.74, 6) is 0.646. The van der Waals surface area contributed by atoms with E-state index in [9.17, 15) is 4.79 Å². The molecule has 0 bridgehead atoms. The van der Waals surface area contributed by atoms with Crippen molar-refractivity contribution in [1.82, 2.24) is 10.3 Å².